The lowest BCUT2D eigenvalue weighted by molar-refractivity contribution is 0.486. The summed E-state index contributed by atoms with van der Waals surface area (Å²) in [6.07, 6.45) is 0. The quantitative estimate of drug-likeness (QED) is 0.251. The Kier molecular flexibility index (Phi) is 5.32. The van der Waals surface area contributed by atoms with Gasteiger partial charge in [-0.2, -0.15) is 0 Å². The Labute approximate surface area is 211 Å². The molecule has 4 aromatic rings. The zero-order valence-corrected chi connectivity index (χ0v) is 22.5. The van der Waals surface area contributed by atoms with Crippen molar-refractivity contribution in [3.8, 4) is 11.1 Å². The summed E-state index contributed by atoms with van der Waals surface area (Å²) in [6, 6.07) is 32.6. The van der Waals surface area contributed by atoms with E-state index in [1.54, 1.807) is 0 Å². The van der Waals surface area contributed by atoms with E-state index in [-0.39, 0.29) is 5.41 Å². The predicted octanol–water partition coefficient (Wildman–Crippen LogP) is 7.06. The fraction of sp³-hybridized carbons (Fsp3) is 0.273. The van der Waals surface area contributed by atoms with Gasteiger partial charge in [0.25, 0.3) is 0 Å². The normalized spacial score (nSPS) is 14.5. The third-order valence-corrected chi connectivity index (χ3v) is 7.60. The lowest BCUT2D eigenvalue weighted by Gasteiger charge is -2.35. The lowest BCUT2D eigenvalue weighted by atomic mass is 9.67. The number of nitrogens with zero attached hydrogens (tertiary/aromatic N) is 2. The number of benzene rings is 4. The molecule has 1 aliphatic carbocycles. The average molecular weight is 463 g/mol. The van der Waals surface area contributed by atoms with Crippen molar-refractivity contribution in [3.05, 3.63) is 118 Å². The van der Waals surface area contributed by atoms with Crippen molar-refractivity contribution in [2.75, 3.05) is 42.3 Å². The molecule has 0 unspecified atom stereocenters. The third kappa shape index (κ3) is 3.73. The first kappa shape index (κ1) is 23.5. The van der Waals surface area contributed by atoms with Crippen LogP contribution in [0.15, 0.2) is 84.9 Å². The van der Waals surface area contributed by atoms with Crippen LogP contribution in [0.1, 0.15) is 33.4 Å². The molecule has 4 aromatic carbocycles. The van der Waals surface area contributed by atoms with E-state index < -0.39 is 0 Å². The highest BCUT2D eigenvalue weighted by Crippen LogP contribution is 2.56. The molecule has 0 saturated carbocycles. The Hall–Kier alpha value is -3.20. The molecule has 0 radical (unpaired) electrons. The van der Waals surface area contributed by atoms with Crippen LogP contribution in [0.5, 0.6) is 0 Å². The molecule has 0 spiro atoms. The number of rotatable bonds is 4. The van der Waals surface area contributed by atoms with Crippen LogP contribution in [0.2, 0.25) is 0 Å². The second kappa shape index (κ2) is 7.91. The maximum atomic E-state index is 2.41. The van der Waals surface area contributed by atoms with Crippen LogP contribution < -0.4 is 8.97 Å². The highest BCUT2D eigenvalue weighted by atomic mass is 15.3. The molecule has 0 N–H and O–H groups in total. The minimum Gasteiger partial charge on any atom is -0.298 e. The fourth-order valence-electron chi connectivity index (χ4n) is 5.66. The van der Waals surface area contributed by atoms with E-state index >= 15 is 0 Å². The summed E-state index contributed by atoms with van der Waals surface area (Å²) >= 11 is 0. The summed E-state index contributed by atoms with van der Waals surface area (Å²) in [4.78, 5) is 0. The summed E-state index contributed by atoms with van der Waals surface area (Å²) in [5.74, 6) is 0. The van der Waals surface area contributed by atoms with Crippen LogP contribution in [-0.4, -0.2) is 42.3 Å². The highest BCUT2D eigenvalue weighted by Gasteiger charge is 2.46. The molecule has 35 heavy (non-hydrogen) atoms. The highest BCUT2D eigenvalue weighted by molar-refractivity contribution is 5.87. The Morgan fingerprint density at radius 1 is 0.457 bits per heavy atom. The summed E-state index contributed by atoms with van der Waals surface area (Å²) in [6.45, 7) is 4.42. The predicted molar refractivity (Wildman–Crippen MR) is 152 cm³/mol. The average Bonchev–Trinajstić information content (AvgIpc) is 3.07. The Morgan fingerprint density at radius 2 is 0.800 bits per heavy atom. The van der Waals surface area contributed by atoms with Gasteiger partial charge in [0.1, 0.15) is 11.4 Å². The molecule has 2 heteroatoms. The van der Waals surface area contributed by atoms with E-state index in [4.69, 9.17) is 0 Å². The first-order valence-corrected chi connectivity index (χ1v) is 12.5. The summed E-state index contributed by atoms with van der Waals surface area (Å²) in [5, 5.41) is 0. The van der Waals surface area contributed by atoms with E-state index in [9.17, 15) is 0 Å². The third-order valence-electron chi connectivity index (χ3n) is 7.60. The molecule has 0 heterocycles. The molecule has 0 bridgehead atoms. The Morgan fingerprint density at radius 3 is 1.11 bits per heavy atom. The van der Waals surface area contributed by atoms with Gasteiger partial charge in [-0.05, 0) is 71.5 Å². The van der Waals surface area contributed by atoms with Crippen LogP contribution in [0.25, 0.3) is 11.1 Å². The van der Waals surface area contributed by atoms with Crippen LogP contribution in [-0.2, 0) is 5.41 Å². The molecule has 0 fully saturated rings. The zero-order valence-electron chi connectivity index (χ0n) is 22.5. The van der Waals surface area contributed by atoms with Gasteiger partial charge in [-0.15, -0.1) is 0 Å². The van der Waals surface area contributed by atoms with Gasteiger partial charge < -0.3 is 0 Å². The van der Waals surface area contributed by atoms with Crippen LogP contribution in [0.4, 0.5) is 11.4 Å². The van der Waals surface area contributed by atoms with Gasteiger partial charge in [0, 0.05) is 0 Å². The van der Waals surface area contributed by atoms with Gasteiger partial charge in [0.2, 0.25) is 0 Å². The van der Waals surface area contributed by atoms with Gasteiger partial charge in [-0.3, -0.25) is 8.97 Å². The topological polar surface area (TPSA) is 0 Å². The molecule has 5 rings (SSSR count). The SMILES string of the molecule is Cc1ccc2c(c1)C(c1ccc([N+](C)(C)C)cc1)(c1ccc([N+](C)(C)C)cc1)c1cc(C)ccc1-2. The summed E-state index contributed by atoms with van der Waals surface area (Å²) in [5.41, 5.74) is 12.9. The molecule has 0 aliphatic heterocycles. The molecule has 0 saturated heterocycles. The number of quaternary nitrogens is 2. The molecule has 0 aromatic heterocycles. The number of hydrogen-bond donors (Lipinski definition) is 0. The van der Waals surface area contributed by atoms with E-state index in [1.165, 1.54) is 55.9 Å². The zero-order chi connectivity index (χ0) is 25.2. The van der Waals surface area contributed by atoms with Gasteiger partial charge in [-0.1, -0.05) is 71.8 Å². The van der Waals surface area contributed by atoms with Gasteiger partial charge in [0.15, 0.2) is 0 Å². The standard InChI is InChI=1S/C33H38N2/c1-23-9-19-29-30-20-10-24(2)22-32(30)33(31(29)21-23,25-11-15-27(16-12-25)34(3,4)5)26-13-17-28(18-14-26)35(6,7)8/h9-22H,1-8H3/q+2. The molecule has 2 nitrogen and oxygen atoms in total. The first-order valence-electron chi connectivity index (χ1n) is 12.5. The van der Waals surface area contributed by atoms with Crippen molar-refractivity contribution in [1.29, 1.82) is 0 Å². The van der Waals surface area contributed by atoms with Crippen molar-refractivity contribution in [2.45, 2.75) is 19.3 Å². The van der Waals surface area contributed by atoms with E-state index in [2.05, 4.69) is 141 Å². The van der Waals surface area contributed by atoms with Gasteiger partial charge in [0.05, 0.1) is 47.7 Å². The minimum atomic E-state index is -0.352. The lowest BCUT2D eigenvalue weighted by Crippen LogP contribution is -2.35. The number of fused-ring (bicyclic) bond motifs is 3. The molecular formula is C33H38N2+2. The van der Waals surface area contributed by atoms with E-state index in [0.29, 0.717) is 0 Å². The van der Waals surface area contributed by atoms with Crippen molar-refractivity contribution in [3.63, 3.8) is 0 Å². The molecule has 1 aliphatic rings. The molecular weight excluding hydrogens is 424 g/mol. The van der Waals surface area contributed by atoms with Crippen LogP contribution in [0.3, 0.4) is 0 Å². The second-order valence-corrected chi connectivity index (χ2v) is 12.0. The smallest absolute Gasteiger partial charge is 0.132 e. The largest absolute Gasteiger partial charge is 0.298 e. The van der Waals surface area contributed by atoms with Crippen LogP contribution >= 0.6 is 0 Å². The van der Waals surface area contributed by atoms with Crippen molar-refractivity contribution < 1.29 is 0 Å². The summed E-state index contributed by atoms with van der Waals surface area (Å²) < 4.78 is 1.60. The van der Waals surface area contributed by atoms with Crippen LogP contribution in [0, 0.1) is 13.8 Å². The molecule has 178 valence electrons. The first-order chi connectivity index (χ1) is 16.4. The van der Waals surface area contributed by atoms with Crippen molar-refractivity contribution in [1.82, 2.24) is 8.97 Å². The number of aryl methyl sites for hydroxylation is 2. The van der Waals surface area contributed by atoms with E-state index in [1.807, 2.05) is 0 Å². The maximum Gasteiger partial charge on any atom is 0.132 e. The van der Waals surface area contributed by atoms with Gasteiger partial charge in [-0.25, -0.2) is 0 Å². The Balaban J connectivity index is 1.87. The monoisotopic (exact) mass is 462 g/mol. The minimum absolute atomic E-state index is 0.352. The van der Waals surface area contributed by atoms with Gasteiger partial charge >= 0.3 is 0 Å². The van der Waals surface area contributed by atoms with Crippen molar-refractivity contribution in [2.24, 2.45) is 0 Å². The molecule has 0 amide bonds. The van der Waals surface area contributed by atoms with Crippen molar-refractivity contribution >= 4 is 11.4 Å². The fourth-order valence-corrected chi connectivity index (χ4v) is 5.66. The molecule has 0 atom stereocenters. The Bertz CT molecular complexity index is 1280. The number of hydrogen-bond acceptors (Lipinski definition) is 0. The summed E-state index contributed by atoms with van der Waals surface area (Å²) in [7, 11) is 13.3. The second-order valence-electron chi connectivity index (χ2n) is 12.0. The maximum absolute atomic E-state index is 2.41. The van der Waals surface area contributed by atoms with E-state index in [0.717, 1.165) is 8.97 Å².